The van der Waals surface area contributed by atoms with Crippen LogP contribution in [0.1, 0.15) is 17.8 Å². The number of nitriles is 1. The fourth-order valence-electron chi connectivity index (χ4n) is 2.87. The Hall–Kier alpha value is -3.11. The third-order valence-corrected chi connectivity index (χ3v) is 5.11. The number of anilines is 1. The van der Waals surface area contributed by atoms with E-state index in [0.29, 0.717) is 11.7 Å². The number of benzene rings is 2. The van der Waals surface area contributed by atoms with Crippen molar-refractivity contribution in [1.29, 1.82) is 5.26 Å². The Bertz CT molecular complexity index is 994. The topological polar surface area (TPSA) is 74.8 Å². The molecule has 1 amide bonds. The molecule has 1 aromatic heterocycles. The first kappa shape index (κ1) is 19.6. The normalized spacial score (nSPS) is 10.5. The van der Waals surface area contributed by atoms with Crippen LogP contribution in [0.5, 0.6) is 0 Å². The molecule has 0 spiro atoms. The van der Waals surface area contributed by atoms with Crippen molar-refractivity contribution in [3.63, 3.8) is 0 Å². The van der Waals surface area contributed by atoms with E-state index in [-0.39, 0.29) is 18.1 Å². The lowest BCUT2D eigenvalue weighted by atomic mass is 10.2. The van der Waals surface area contributed by atoms with Crippen molar-refractivity contribution in [2.75, 3.05) is 17.2 Å². The molecule has 0 N–H and O–H groups in total. The Balaban J connectivity index is 1.78. The first-order chi connectivity index (χ1) is 13.6. The predicted octanol–water partition coefficient (Wildman–Crippen LogP) is 3.92. The summed E-state index contributed by atoms with van der Waals surface area (Å²) in [6, 6.07) is 19.6. The monoisotopic (exact) mass is 391 g/mol. The zero-order chi connectivity index (χ0) is 19.9. The second kappa shape index (κ2) is 9.20. The van der Waals surface area contributed by atoms with Crippen molar-refractivity contribution in [1.82, 2.24) is 14.8 Å². The number of amides is 1. The number of aromatic nitrogens is 3. The molecule has 0 unspecified atom stereocenters. The van der Waals surface area contributed by atoms with Crippen molar-refractivity contribution < 1.29 is 4.79 Å². The first-order valence-electron chi connectivity index (χ1n) is 8.94. The van der Waals surface area contributed by atoms with E-state index in [1.807, 2.05) is 66.9 Å². The molecule has 7 heteroatoms. The van der Waals surface area contributed by atoms with Crippen LogP contribution in [-0.4, -0.2) is 33.0 Å². The van der Waals surface area contributed by atoms with Gasteiger partial charge in [0.2, 0.25) is 5.91 Å². The number of aryl methyl sites for hydroxylation is 2. The van der Waals surface area contributed by atoms with E-state index in [2.05, 4.69) is 22.3 Å². The highest BCUT2D eigenvalue weighted by molar-refractivity contribution is 7.99. The molecule has 3 aromatic rings. The van der Waals surface area contributed by atoms with Crippen LogP contribution in [0, 0.1) is 25.2 Å². The molecule has 0 fully saturated rings. The minimum absolute atomic E-state index is 0.0668. The standard InChI is InChI=1S/C21H21N5OS/c1-16-8-6-11-19(14-16)26-17(2)23-24-21(26)28-15-20(27)25(13-7-12-22)18-9-4-3-5-10-18/h3-6,8-11,14H,7,13,15H2,1-2H3. The Kier molecular flexibility index (Phi) is 6.45. The van der Waals surface area contributed by atoms with Gasteiger partial charge in [0.1, 0.15) is 5.82 Å². The number of thioether (sulfide) groups is 1. The average molecular weight is 392 g/mol. The maximum absolute atomic E-state index is 12.9. The number of hydrogen-bond donors (Lipinski definition) is 0. The molecule has 0 bridgehead atoms. The summed E-state index contributed by atoms with van der Waals surface area (Å²) in [6.07, 6.45) is 0.282. The van der Waals surface area contributed by atoms with Gasteiger partial charge >= 0.3 is 0 Å². The quantitative estimate of drug-likeness (QED) is 0.571. The fraction of sp³-hybridized carbons (Fsp3) is 0.238. The Morgan fingerprint density at radius 1 is 1.14 bits per heavy atom. The Labute approximate surface area is 168 Å². The molecule has 28 heavy (non-hydrogen) atoms. The summed E-state index contributed by atoms with van der Waals surface area (Å²) in [7, 11) is 0. The minimum atomic E-state index is -0.0668. The van der Waals surface area contributed by atoms with Crippen molar-refractivity contribution in [3.05, 3.63) is 66.0 Å². The molecule has 6 nitrogen and oxygen atoms in total. The summed E-state index contributed by atoms with van der Waals surface area (Å²) in [5.74, 6) is 0.914. The van der Waals surface area contributed by atoms with Crippen LogP contribution in [0.3, 0.4) is 0 Å². The van der Waals surface area contributed by atoms with Gasteiger partial charge in [-0.2, -0.15) is 5.26 Å². The summed E-state index contributed by atoms with van der Waals surface area (Å²) in [6.45, 7) is 4.29. The molecule has 2 aromatic carbocycles. The number of carbonyl (C=O) groups is 1. The first-order valence-corrected chi connectivity index (χ1v) is 9.93. The van der Waals surface area contributed by atoms with Crippen LogP contribution in [0.25, 0.3) is 5.69 Å². The summed E-state index contributed by atoms with van der Waals surface area (Å²) in [5.41, 5.74) is 2.91. The Morgan fingerprint density at radius 2 is 1.93 bits per heavy atom. The molecule has 0 aliphatic carbocycles. The number of hydrogen-bond acceptors (Lipinski definition) is 5. The van der Waals surface area contributed by atoms with Gasteiger partial charge in [-0.1, -0.05) is 42.1 Å². The van der Waals surface area contributed by atoms with Gasteiger partial charge in [-0.25, -0.2) is 0 Å². The largest absolute Gasteiger partial charge is 0.311 e. The molecular weight excluding hydrogens is 370 g/mol. The lowest BCUT2D eigenvalue weighted by Crippen LogP contribution is -2.33. The molecule has 3 rings (SSSR count). The van der Waals surface area contributed by atoms with E-state index in [1.165, 1.54) is 11.8 Å². The maximum atomic E-state index is 12.9. The molecule has 0 saturated heterocycles. The highest BCUT2D eigenvalue weighted by Gasteiger charge is 2.18. The highest BCUT2D eigenvalue weighted by Crippen LogP contribution is 2.24. The van der Waals surface area contributed by atoms with E-state index < -0.39 is 0 Å². The zero-order valence-corrected chi connectivity index (χ0v) is 16.7. The number of nitrogens with zero attached hydrogens (tertiary/aromatic N) is 5. The van der Waals surface area contributed by atoms with E-state index >= 15 is 0 Å². The summed E-state index contributed by atoms with van der Waals surface area (Å²) in [4.78, 5) is 14.5. The lowest BCUT2D eigenvalue weighted by molar-refractivity contribution is -0.116. The van der Waals surface area contributed by atoms with Gasteiger partial charge in [0.05, 0.1) is 18.2 Å². The van der Waals surface area contributed by atoms with Crippen molar-refractivity contribution >= 4 is 23.4 Å². The van der Waals surface area contributed by atoms with E-state index in [9.17, 15) is 4.79 Å². The van der Waals surface area contributed by atoms with Crippen LogP contribution < -0.4 is 4.90 Å². The average Bonchev–Trinajstić information content (AvgIpc) is 3.08. The fourth-order valence-corrected chi connectivity index (χ4v) is 3.75. The van der Waals surface area contributed by atoms with Gasteiger partial charge in [-0.15, -0.1) is 10.2 Å². The molecule has 0 aliphatic heterocycles. The van der Waals surface area contributed by atoms with Gasteiger partial charge in [0.15, 0.2) is 5.16 Å². The molecule has 0 aliphatic rings. The number of para-hydroxylation sites is 1. The maximum Gasteiger partial charge on any atom is 0.237 e. The molecule has 0 saturated carbocycles. The zero-order valence-electron chi connectivity index (χ0n) is 15.9. The number of carbonyl (C=O) groups excluding carboxylic acids is 1. The van der Waals surface area contributed by atoms with Gasteiger partial charge in [-0.05, 0) is 43.7 Å². The Morgan fingerprint density at radius 3 is 2.64 bits per heavy atom. The SMILES string of the molecule is Cc1cccc(-n2c(C)nnc2SCC(=O)N(CCC#N)c2ccccc2)c1. The van der Waals surface area contributed by atoms with Gasteiger partial charge in [0.25, 0.3) is 0 Å². The molecular formula is C21H21N5OS. The third kappa shape index (κ3) is 4.59. The molecule has 142 valence electrons. The predicted molar refractivity (Wildman–Crippen MR) is 111 cm³/mol. The summed E-state index contributed by atoms with van der Waals surface area (Å²) in [5, 5.41) is 18.0. The van der Waals surface area contributed by atoms with Gasteiger partial charge < -0.3 is 4.90 Å². The van der Waals surface area contributed by atoms with Gasteiger partial charge in [0, 0.05) is 17.9 Å². The smallest absolute Gasteiger partial charge is 0.237 e. The minimum Gasteiger partial charge on any atom is -0.311 e. The number of rotatable bonds is 7. The van der Waals surface area contributed by atoms with Crippen LogP contribution in [-0.2, 0) is 4.79 Å². The van der Waals surface area contributed by atoms with E-state index in [4.69, 9.17) is 5.26 Å². The second-order valence-corrected chi connectivity index (χ2v) is 7.22. The lowest BCUT2D eigenvalue weighted by Gasteiger charge is -2.21. The third-order valence-electron chi connectivity index (χ3n) is 4.20. The molecule has 0 radical (unpaired) electrons. The van der Waals surface area contributed by atoms with Crippen LogP contribution in [0.4, 0.5) is 5.69 Å². The van der Waals surface area contributed by atoms with Crippen molar-refractivity contribution in [2.24, 2.45) is 0 Å². The van der Waals surface area contributed by atoms with Gasteiger partial charge in [-0.3, -0.25) is 9.36 Å². The molecule has 1 heterocycles. The van der Waals surface area contributed by atoms with E-state index in [0.717, 1.165) is 22.8 Å². The second-order valence-electron chi connectivity index (χ2n) is 6.28. The summed E-state index contributed by atoms with van der Waals surface area (Å²) < 4.78 is 1.95. The van der Waals surface area contributed by atoms with E-state index in [1.54, 1.807) is 4.90 Å². The van der Waals surface area contributed by atoms with Crippen LogP contribution in [0.2, 0.25) is 0 Å². The van der Waals surface area contributed by atoms with Crippen molar-refractivity contribution in [3.8, 4) is 11.8 Å². The van der Waals surface area contributed by atoms with Crippen LogP contribution >= 0.6 is 11.8 Å². The molecule has 0 atom stereocenters. The highest BCUT2D eigenvalue weighted by atomic mass is 32.2. The summed E-state index contributed by atoms with van der Waals surface area (Å²) >= 11 is 1.35. The van der Waals surface area contributed by atoms with Crippen molar-refractivity contribution in [2.45, 2.75) is 25.4 Å². The van der Waals surface area contributed by atoms with Crippen LogP contribution in [0.15, 0.2) is 59.8 Å².